The second-order valence-electron chi connectivity index (χ2n) is 8.99. The van der Waals surface area contributed by atoms with Crippen molar-refractivity contribution < 1.29 is 14.3 Å². The first-order chi connectivity index (χ1) is 15.0. The van der Waals surface area contributed by atoms with Crippen molar-refractivity contribution in [3.63, 3.8) is 0 Å². The summed E-state index contributed by atoms with van der Waals surface area (Å²) in [6, 6.07) is 3.52. The Morgan fingerprint density at radius 3 is 2.32 bits per heavy atom. The molecule has 8 nitrogen and oxygen atoms in total. The monoisotopic (exact) mass is 426 g/mol. The van der Waals surface area contributed by atoms with Gasteiger partial charge in [0.15, 0.2) is 11.5 Å². The van der Waals surface area contributed by atoms with Gasteiger partial charge in [0.05, 0.1) is 10.9 Å². The second kappa shape index (κ2) is 8.05. The third-order valence-corrected chi connectivity index (χ3v) is 6.64. The number of fused-ring (bicyclic) bond motifs is 2. The molecule has 3 heterocycles. The first-order valence-electron chi connectivity index (χ1n) is 11.4. The first-order valence-corrected chi connectivity index (χ1v) is 11.4. The van der Waals surface area contributed by atoms with Gasteiger partial charge < -0.3 is 19.3 Å². The van der Waals surface area contributed by atoms with Gasteiger partial charge in [-0.15, -0.1) is 0 Å². The van der Waals surface area contributed by atoms with Crippen LogP contribution < -0.4 is 19.9 Å². The normalized spacial score (nSPS) is 19.5. The average Bonchev–Trinajstić information content (AvgIpc) is 3.32. The van der Waals surface area contributed by atoms with E-state index < -0.39 is 0 Å². The molecule has 1 saturated heterocycles. The van der Waals surface area contributed by atoms with Crippen LogP contribution in [0, 0.1) is 5.92 Å². The third-order valence-electron chi connectivity index (χ3n) is 6.64. The fourth-order valence-corrected chi connectivity index (χ4v) is 4.97. The molecule has 3 aliphatic rings. The van der Waals surface area contributed by atoms with Crippen LogP contribution in [-0.2, 0) is 4.79 Å². The van der Waals surface area contributed by atoms with Gasteiger partial charge in [-0.05, 0) is 32.8 Å². The largest absolute Gasteiger partial charge is 0.486 e. The van der Waals surface area contributed by atoms with Crippen LogP contribution in [0.15, 0.2) is 16.9 Å². The number of carbonyl (C=O) groups excluding carboxylic acids is 1. The number of rotatable bonds is 3. The summed E-state index contributed by atoms with van der Waals surface area (Å²) in [6.07, 6.45) is 4.37. The Balaban J connectivity index is 1.45. The van der Waals surface area contributed by atoms with E-state index in [2.05, 4.69) is 4.90 Å². The maximum absolute atomic E-state index is 13.4. The summed E-state index contributed by atoms with van der Waals surface area (Å²) in [7, 11) is 0. The number of ether oxygens (including phenoxy) is 2. The highest BCUT2D eigenvalue weighted by atomic mass is 16.6. The molecule has 1 amide bonds. The summed E-state index contributed by atoms with van der Waals surface area (Å²) in [4.78, 5) is 35.2. The number of hydrogen-bond donors (Lipinski definition) is 0. The van der Waals surface area contributed by atoms with E-state index in [9.17, 15) is 9.59 Å². The van der Waals surface area contributed by atoms with E-state index in [4.69, 9.17) is 14.5 Å². The topological polar surface area (TPSA) is 76.9 Å². The van der Waals surface area contributed by atoms with Crippen molar-refractivity contribution in [2.24, 2.45) is 5.92 Å². The predicted molar refractivity (Wildman–Crippen MR) is 118 cm³/mol. The SMILES string of the molecule is CC(C)n1c(N2CCN(C(=O)C3CCCC3)CC2)nc2cc3c(cc2c1=O)OCCO3. The molecule has 0 radical (unpaired) electrons. The van der Waals surface area contributed by atoms with Crippen LogP contribution in [0.25, 0.3) is 10.9 Å². The Hall–Kier alpha value is -2.77. The summed E-state index contributed by atoms with van der Waals surface area (Å²) in [5.74, 6) is 2.39. The van der Waals surface area contributed by atoms with Crippen LogP contribution >= 0.6 is 0 Å². The average molecular weight is 427 g/mol. The lowest BCUT2D eigenvalue weighted by molar-refractivity contribution is -0.135. The number of amides is 1. The standard InChI is InChI=1S/C23H30N4O4/c1-15(2)27-22(29)17-13-19-20(31-12-11-30-19)14-18(17)24-23(27)26-9-7-25(8-10-26)21(28)16-5-3-4-6-16/h13-16H,3-12H2,1-2H3. The summed E-state index contributed by atoms with van der Waals surface area (Å²) in [6.45, 7) is 7.65. The molecule has 2 fully saturated rings. The van der Waals surface area contributed by atoms with Crippen LogP contribution in [-0.4, -0.2) is 59.8 Å². The maximum Gasteiger partial charge on any atom is 0.263 e. The molecule has 1 saturated carbocycles. The van der Waals surface area contributed by atoms with Gasteiger partial charge in [-0.3, -0.25) is 14.2 Å². The molecular formula is C23H30N4O4. The van der Waals surface area contributed by atoms with Crippen molar-refractivity contribution >= 4 is 22.8 Å². The minimum atomic E-state index is -0.0727. The van der Waals surface area contributed by atoms with Gasteiger partial charge in [0.25, 0.3) is 5.56 Å². The summed E-state index contributed by atoms with van der Waals surface area (Å²) in [5, 5.41) is 0.539. The Labute approximate surface area is 181 Å². The molecule has 0 spiro atoms. The number of benzene rings is 1. The van der Waals surface area contributed by atoms with Crippen molar-refractivity contribution in [1.82, 2.24) is 14.5 Å². The fourth-order valence-electron chi connectivity index (χ4n) is 4.97. The number of hydrogen-bond acceptors (Lipinski definition) is 6. The van der Waals surface area contributed by atoms with Crippen molar-refractivity contribution in [1.29, 1.82) is 0 Å². The number of carbonyl (C=O) groups is 1. The predicted octanol–water partition coefficient (Wildman–Crippen LogP) is 2.59. The molecule has 2 aliphatic heterocycles. The van der Waals surface area contributed by atoms with E-state index >= 15 is 0 Å². The highest BCUT2D eigenvalue weighted by Gasteiger charge is 2.31. The maximum atomic E-state index is 13.4. The second-order valence-corrected chi connectivity index (χ2v) is 8.99. The molecular weight excluding hydrogens is 396 g/mol. The van der Waals surface area contributed by atoms with Gasteiger partial charge in [-0.2, -0.15) is 0 Å². The van der Waals surface area contributed by atoms with Gasteiger partial charge in [0, 0.05) is 44.2 Å². The van der Waals surface area contributed by atoms with Gasteiger partial charge >= 0.3 is 0 Å². The number of aromatic nitrogens is 2. The highest BCUT2D eigenvalue weighted by molar-refractivity contribution is 5.83. The van der Waals surface area contributed by atoms with Crippen LogP contribution in [0.4, 0.5) is 5.95 Å². The van der Waals surface area contributed by atoms with Crippen molar-refractivity contribution in [2.75, 3.05) is 44.3 Å². The zero-order chi connectivity index (χ0) is 21.5. The molecule has 1 aromatic carbocycles. The Morgan fingerprint density at radius 1 is 1.03 bits per heavy atom. The molecule has 5 rings (SSSR count). The molecule has 8 heteroatoms. The van der Waals surface area contributed by atoms with E-state index in [1.807, 2.05) is 18.7 Å². The Bertz CT molecular complexity index is 1050. The van der Waals surface area contributed by atoms with E-state index in [0.717, 1.165) is 25.7 Å². The zero-order valence-electron chi connectivity index (χ0n) is 18.3. The zero-order valence-corrected chi connectivity index (χ0v) is 18.3. The van der Waals surface area contributed by atoms with Crippen LogP contribution in [0.1, 0.15) is 45.6 Å². The van der Waals surface area contributed by atoms with Gasteiger partial charge in [0.1, 0.15) is 13.2 Å². The number of nitrogens with zero attached hydrogens (tertiary/aromatic N) is 4. The van der Waals surface area contributed by atoms with Gasteiger partial charge in [0.2, 0.25) is 11.9 Å². The Morgan fingerprint density at radius 2 is 1.68 bits per heavy atom. The molecule has 0 N–H and O–H groups in total. The van der Waals surface area contributed by atoms with Crippen molar-refractivity contribution in [2.45, 2.75) is 45.6 Å². The molecule has 2 aromatic rings. The molecule has 0 atom stereocenters. The van der Waals surface area contributed by atoms with Crippen LogP contribution in [0.5, 0.6) is 11.5 Å². The first kappa shape index (κ1) is 20.2. The van der Waals surface area contributed by atoms with Gasteiger partial charge in [-0.1, -0.05) is 12.8 Å². The lowest BCUT2D eigenvalue weighted by atomic mass is 10.1. The quantitative estimate of drug-likeness (QED) is 0.751. The summed E-state index contributed by atoms with van der Waals surface area (Å²) >= 11 is 0. The highest BCUT2D eigenvalue weighted by Crippen LogP contribution is 2.34. The van der Waals surface area contributed by atoms with Gasteiger partial charge in [-0.25, -0.2) is 4.98 Å². The molecule has 1 aliphatic carbocycles. The molecule has 0 bridgehead atoms. The molecule has 1 aromatic heterocycles. The smallest absolute Gasteiger partial charge is 0.263 e. The van der Waals surface area contributed by atoms with E-state index in [-0.39, 0.29) is 17.5 Å². The summed E-state index contributed by atoms with van der Waals surface area (Å²) < 4.78 is 13.1. The Kier molecular flexibility index (Phi) is 5.24. The number of piperazine rings is 1. The van der Waals surface area contributed by atoms with Crippen molar-refractivity contribution in [3.8, 4) is 11.5 Å². The van der Waals surface area contributed by atoms with E-state index in [1.54, 1.807) is 16.7 Å². The van der Waals surface area contributed by atoms with E-state index in [0.29, 0.717) is 73.7 Å². The minimum absolute atomic E-state index is 0.0363. The number of anilines is 1. The van der Waals surface area contributed by atoms with Crippen LogP contribution in [0.3, 0.4) is 0 Å². The molecule has 31 heavy (non-hydrogen) atoms. The molecule has 0 unspecified atom stereocenters. The lowest BCUT2D eigenvalue weighted by Gasteiger charge is -2.37. The fraction of sp³-hybridized carbons (Fsp3) is 0.609. The minimum Gasteiger partial charge on any atom is -0.486 e. The van der Waals surface area contributed by atoms with Crippen molar-refractivity contribution in [3.05, 3.63) is 22.5 Å². The lowest BCUT2D eigenvalue weighted by Crippen LogP contribution is -2.51. The third kappa shape index (κ3) is 3.62. The summed E-state index contributed by atoms with van der Waals surface area (Å²) in [5.41, 5.74) is 0.544. The molecule has 166 valence electrons. The van der Waals surface area contributed by atoms with E-state index in [1.165, 1.54) is 0 Å². The van der Waals surface area contributed by atoms with Crippen LogP contribution in [0.2, 0.25) is 0 Å².